The number of aliphatic carboxylic acids is 1. The van der Waals surface area contributed by atoms with Crippen LogP contribution in [0.2, 0.25) is 0 Å². The number of hydrogen-bond acceptors (Lipinski definition) is 2. The molecular weight excluding hydrogens is 252 g/mol. The first-order valence-electron chi connectivity index (χ1n) is 7.11. The summed E-state index contributed by atoms with van der Waals surface area (Å²) >= 11 is 0. The summed E-state index contributed by atoms with van der Waals surface area (Å²) in [4.78, 5) is 19.7. The molecule has 20 heavy (non-hydrogen) atoms. The predicted octanol–water partition coefficient (Wildman–Crippen LogP) is 2.77. The minimum absolute atomic E-state index is 0.694. The second-order valence-corrected chi connectivity index (χ2v) is 5.75. The molecule has 2 N–H and O–H groups in total. The minimum atomic E-state index is -0.754. The van der Waals surface area contributed by atoms with Crippen LogP contribution in [0.3, 0.4) is 0 Å². The monoisotopic (exact) mass is 268 g/mol. The molecule has 1 aliphatic heterocycles. The Bertz CT molecular complexity index is 738. The van der Waals surface area contributed by atoms with Crippen LogP contribution in [0.4, 0.5) is 0 Å². The van der Waals surface area contributed by atoms with E-state index in [1.165, 1.54) is 10.9 Å². The molecule has 1 aromatic carbocycles. The van der Waals surface area contributed by atoms with Crippen LogP contribution >= 0.6 is 0 Å². The standard InChI is InChI=1S/C16H16N2O2/c19-15(20)16(7-3-8-16)14-13-11(6-9-17-14)10-4-1-2-5-12(10)18-13/h1-2,4-5,18H,3,6-9H2,(H,19,20). The number of aromatic amines is 1. The zero-order valence-electron chi connectivity index (χ0n) is 11.1. The Morgan fingerprint density at radius 2 is 2.10 bits per heavy atom. The smallest absolute Gasteiger partial charge is 0.315 e. The normalized spacial score (nSPS) is 20.1. The highest BCUT2D eigenvalue weighted by Gasteiger charge is 2.50. The van der Waals surface area contributed by atoms with Crippen molar-refractivity contribution in [3.63, 3.8) is 0 Å². The number of nitrogens with zero attached hydrogens (tertiary/aromatic N) is 1. The highest BCUT2D eigenvalue weighted by molar-refractivity contribution is 6.17. The summed E-state index contributed by atoms with van der Waals surface area (Å²) in [6, 6.07) is 8.16. The molecule has 4 rings (SSSR count). The number of carboxylic acid groups (broad SMARTS) is 1. The summed E-state index contributed by atoms with van der Waals surface area (Å²) in [5.41, 5.74) is 3.29. The number of hydrogen-bond donors (Lipinski definition) is 2. The van der Waals surface area contributed by atoms with Crippen LogP contribution in [0.1, 0.15) is 30.5 Å². The maximum absolute atomic E-state index is 11.7. The van der Waals surface area contributed by atoms with Crippen molar-refractivity contribution in [2.45, 2.75) is 25.7 Å². The van der Waals surface area contributed by atoms with Crippen LogP contribution in [0.25, 0.3) is 10.9 Å². The van der Waals surface area contributed by atoms with Gasteiger partial charge in [-0.2, -0.15) is 0 Å². The number of para-hydroxylation sites is 1. The number of rotatable bonds is 2. The molecule has 2 aromatic rings. The van der Waals surface area contributed by atoms with Crippen LogP contribution in [-0.4, -0.2) is 28.3 Å². The van der Waals surface area contributed by atoms with Gasteiger partial charge in [0.05, 0.1) is 11.4 Å². The average molecular weight is 268 g/mol. The fraction of sp³-hybridized carbons (Fsp3) is 0.375. The van der Waals surface area contributed by atoms with Gasteiger partial charge in [-0.3, -0.25) is 9.79 Å². The lowest BCUT2D eigenvalue weighted by atomic mass is 9.64. The molecule has 0 spiro atoms. The first-order chi connectivity index (χ1) is 9.72. The largest absolute Gasteiger partial charge is 0.481 e. The molecule has 0 amide bonds. The van der Waals surface area contributed by atoms with E-state index in [1.807, 2.05) is 18.2 Å². The summed E-state index contributed by atoms with van der Waals surface area (Å²) in [6.07, 6.45) is 3.27. The van der Waals surface area contributed by atoms with Crippen molar-refractivity contribution in [1.29, 1.82) is 0 Å². The van der Waals surface area contributed by atoms with Crippen molar-refractivity contribution in [2.75, 3.05) is 6.54 Å². The molecule has 4 nitrogen and oxygen atoms in total. The lowest BCUT2D eigenvalue weighted by Gasteiger charge is -2.39. The van der Waals surface area contributed by atoms with Crippen LogP contribution < -0.4 is 0 Å². The first-order valence-corrected chi connectivity index (χ1v) is 7.11. The second kappa shape index (κ2) is 3.95. The number of H-pyrrole nitrogens is 1. The molecule has 0 bridgehead atoms. The molecule has 2 heterocycles. The van der Waals surface area contributed by atoms with Crippen LogP contribution in [0.5, 0.6) is 0 Å². The summed E-state index contributed by atoms with van der Waals surface area (Å²) in [5, 5.41) is 10.8. The Morgan fingerprint density at radius 3 is 2.80 bits per heavy atom. The molecule has 1 aliphatic carbocycles. The van der Waals surface area contributed by atoms with Gasteiger partial charge < -0.3 is 10.1 Å². The summed E-state index contributed by atoms with van der Waals surface area (Å²) < 4.78 is 0. The van der Waals surface area contributed by atoms with E-state index in [2.05, 4.69) is 16.0 Å². The lowest BCUT2D eigenvalue weighted by Crippen LogP contribution is -2.46. The Kier molecular flexibility index (Phi) is 2.31. The van der Waals surface area contributed by atoms with Crippen molar-refractivity contribution in [3.8, 4) is 0 Å². The molecule has 1 saturated carbocycles. The summed E-state index contributed by atoms with van der Waals surface area (Å²) in [6.45, 7) is 0.694. The van der Waals surface area contributed by atoms with E-state index in [1.54, 1.807) is 0 Å². The Labute approximate surface area is 116 Å². The number of carbonyl (C=O) groups is 1. The third-order valence-corrected chi connectivity index (χ3v) is 4.75. The van der Waals surface area contributed by atoms with Gasteiger partial charge in [-0.15, -0.1) is 0 Å². The lowest BCUT2D eigenvalue weighted by molar-refractivity contribution is -0.148. The van der Waals surface area contributed by atoms with Crippen molar-refractivity contribution < 1.29 is 9.90 Å². The minimum Gasteiger partial charge on any atom is -0.481 e. The van der Waals surface area contributed by atoms with Gasteiger partial charge in [0.25, 0.3) is 0 Å². The van der Waals surface area contributed by atoms with E-state index in [4.69, 9.17) is 0 Å². The number of nitrogens with one attached hydrogen (secondary N) is 1. The molecule has 102 valence electrons. The second-order valence-electron chi connectivity index (χ2n) is 5.75. The molecule has 0 unspecified atom stereocenters. The molecule has 4 heteroatoms. The van der Waals surface area contributed by atoms with Crippen LogP contribution in [0, 0.1) is 5.41 Å². The van der Waals surface area contributed by atoms with Gasteiger partial charge in [-0.1, -0.05) is 24.6 Å². The van der Waals surface area contributed by atoms with Gasteiger partial charge in [-0.25, -0.2) is 0 Å². The van der Waals surface area contributed by atoms with E-state index < -0.39 is 11.4 Å². The van der Waals surface area contributed by atoms with E-state index in [0.717, 1.165) is 29.8 Å². The fourth-order valence-electron chi connectivity index (χ4n) is 3.49. The summed E-state index contributed by atoms with van der Waals surface area (Å²) in [7, 11) is 0. The van der Waals surface area contributed by atoms with E-state index in [9.17, 15) is 9.90 Å². The SMILES string of the molecule is O=C(O)C1(C2=NCCc3c2[nH]c2ccccc32)CCC1. The maximum atomic E-state index is 11.7. The molecule has 0 atom stereocenters. The quantitative estimate of drug-likeness (QED) is 0.879. The van der Waals surface area contributed by atoms with E-state index >= 15 is 0 Å². The fourth-order valence-corrected chi connectivity index (χ4v) is 3.49. The third-order valence-electron chi connectivity index (χ3n) is 4.75. The third kappa shape index (κ3) is 1.36. The van der Waals surface area contributed by atoms with Gasteiger partial charge in [0, 0.05) is 17.4 Å². The van der Waals surface area contributed by atoms with Crippen molar-refractivity contribution >= 4 is 22.6 Å². The Morgan fingerprint density at radius 1 is 1.30 bits per heavy atom. The number of benzene rings is 1. The maximum Gasteiger partial charge on any atom is 0.315 e. The number of fused-ring (bicyclic) bond motifs is 3. The zero-order valence-corrected chi connectivity index (χ0v) is 11.1. The van der Waals surface area contributed by atoms with Crippen LogP contribution in [-0.2, 0) is 11.2 Å². The van der Waals surface area contributed by atoms with Crippen LogP contribution in [0.15, 0.2) is 29.3 Å². The highest BCUT2D eigenvalue weighted by Crippen LogP contribution is 2.46. The molecule has 2 aliphatic rings. The van der Waals surface area contributed by atoms with Gasteiger partial charge >= 0.3 is 5.97 Å². The van der Waals surface area contributed by atoms with Gasteiger partial charge in [0.2, 0.25) is 0 Å². The molecule has 0 radical (unpaired) electrons. The van der Waals surface area contributed by atoms with Crippen molar-refractivity contribution in [3.05, 3.63) is 35.5 Å². The number of aliphatic imine (C=N–C) groups is 1. The Hall–Kier alpha value is -2.10. The molecule has 0 saturated heterocycles. The topological polar surface area (TPSA) is 65.4 Å². The van der Waals surface area contributed by atoms with Gasteiger partial charge in [-0.05, 0) is 30.9 Å². The summed E-state index contributed by atoms with van der Waals surface area (Å²) in [5.74, 6) is -0.728. The van der Waals surface area contributed by atoms with Crippen molar-refractivity contribution in [1.82, 2.24) is 4.98 Å². The molecule has 1 aromatic heterocycles. The first kappa shape index (κ1) is 11.7. The Balaban J connectivity index is 1.93. The molecular formula is C16H16N2O2. The predicted molar refractivity (Wildman–Crippen MR) is 77.3 cm³/mol. The van der Waals surface area contributed by atoms with Crippen molar-refractivity contribution in [2.24, 2.45) is 10.4 Å². The molecule has 1 fully saturated rings. The number of aromatic nitrogens is 1. The van der Waals surface area contributed by atoms with Gasteiger partial charge in [0.1, 0.15) is 5.41 Å². The average Bonchev–Trinajstić information content (AvgIpc) is 2.76. The number of carboxylic acids is 1. The highest BCUT2D eigenvalue weighted by atomic mass is 16.4. The van der Waals surface area contributed by atoms with Gasteiger partial charge in [0.15, 0.2) is 0 Å². The zero-order chi connectivity index (χ0) is 13.7. The van der Waals surface area contributed by atoms with E-state index in [-0.39, 0.29) is 0 Å². The van der Waals surface area contributed by atoms with E-state index in [0.29, 0.717) is 19.4 Å².